The molecule has 3 aromatic rings. The third-order valence-electron chi connectivity index (χ3n) is 5.59. The van der Waals surface area contributed by atoms with Crippen LogP contribution in [0.3, 0.4) is 0 Å². The zero-order valence-electron chi connectivity index (χ0n) is 16.6. The van der Waals surface area contributed by atoms with Crippen LogP contribution in [-0.2, 0) is 17.7 Å². The van der Waals surface area contributed by atoms with Crippen molar-refractivity contribution in [3.8, 4) is 16.9 Å². The second-order valence-electron chi connectivity index (χ2n) is 7.39. The molecule has 1 aliphatic heterocycles. The second-order valence-corrected chi connectivity index (χ2v) is 7.39. The van der Waals surface area contributed by atoms with Crippen molar-refractivity contribution >= 4 is 0 Å². The highest BCUT2D eigenvalue weighted by atomic mass is 19.1. The number of ether oxygens (including phenoxy) is 1. The molecule has 0 saturated carbocycles. The minimum Gasteiger partial charge on any atom is -0.379 e. The Balaban J connectivity index is 1.77. The average molecular weight is 378 g/mol. The van der Waals surface area contributed by atoms with Crippen molar-refractivity contribution < 1.29 is 9.13 Å². The molecule has 4 heteroatoms. The van der Waals surface area contributed by atoms with Crippen LogP contribution in [-0.4, -0.2) is 35.8 Å². The first kappa shape index (κ1) is 18.9. The van der Waals surface area contributed by atoms with Crippen LogP contribution in [0, 0.1) is 12.7 Å². The summed E-state index contributed by atoms with van der Waals surface area (Å²) in [6.45, 7) is 8.74. The number of rotatable bonds is 5. The number of hydrogen-bond acceptors (Lipinski definition) is 2. The quantitative estimate of drug-likeness (QED) is 0.623. The molecule has 0 aliphatic carbocycles. The lowest BCUT2D eigenvalue weighted by molar-refractivity contribution is 0.0341. The Kier molecular flexibility index (Phi) is 5.60. The molecule has 2 heterocycles. The maximum absolute atomic E-state index is 13.5. The van der Waals surface area contributed by atoms with Crippen LogP contribution in [0.4, 0.5) is 4.39 Å². The first-order valence-corrected chi connectivity index (χ1v) is 10.0. The predicted molar refractivity (Wildman–Crippen MR) is 111 cm³/mol. The van der Waals surface area contributed by atoms with Crippen LogP contribution in [0.2, 0.25) is 0 Å². The molecule has 0 radical (unpaired) electrons. The van der Waals surface area contributed by atoms with Crippen molar-refractivity contribution in [2.75, 3.05) is 26.3 Å². The smallest absolute Gasteiger partial charge is 0.123 e. The largest absolute Gasteiger partial charge is 0.379 e. The summed E-state index contributed by atoms with van der Waals surface area (Å²) in [7, 11) is 0. The normalized spacial score (nSPS) is 15.1. The SMILES string of the molecule is CCc1ccc(-c2cc(CN3CCOCC3)c(C)n2-c2ccc(F)cc2)cc1. The fourth-order valence-corrected chi connectivity index (χ4v) is 3.87. The number of halogens is 1. The van der Waals surface area contributed by atoms with Gasteiger partial charge in [-0.1, -0.05) is 31.2 Å². The van der Waals surface area contributed by atoms with Gasteiger partial charge in [0.15, 0.2) is 0 Å². The summed E-state index contributed by atoms with van der Waals surface area (Å²) in [6, 6.07) is 17.8. The average Bonchev–Trinajstić information content (AvgIpc) is 3.05. The van der Waals surface area contributed by atoms with Crippen molar-refractivity contribution in [2.24, 2.45) is 0 Å². The lowest BCUT2D eigenvalue weighted by Gasteiger charge is -2.26. The number of benzene rings is 2. The topological polar surface area (TPSA) is 17.4 Å². The van der Waals surface area contributed by atoms with E-state index in [0.717, 1.165) is 50.7 Å². The molecule has 0 amide bonds. The third kappa shape index (κ3) is 3.89. The molecule has 1 fully saturated rings. The number of hydrogen-bond donors (Lipinski definition) is 0. The molecule has 146 valence electrons. The van der Waals surface area contributed by atoms with Crippen molar-refractivity contribution in [3.05, 3.63) is 77.2 Å². The van der Waals surface area contributed by atoms with Crippen molar-refractivity contribution in [1.29, 1.82) is 0 Å². The summed E-state index contributed by atoms with van der Waals surface area (Å²) in [5.41, 5.74) is 7.15. The van der Waals surface area contributed by atoms with E-state index in [9.17, 15) is 4.39 Å². The number of nitrogens with zero attached hydrogens (tertiary/aromatic N) is 2. The number of aromatic nitrogens is 1. The van der Waals surface area contributed by atoms with E-state index in [1.165, 1.54) is 34.5 Å². The molecule has 28 heavy (non-hydrogen) atoms. The van der Waals surface area contributed by atoms with E-state index in [1.807, 2.05) is 12.1 Å². The van der Waals surface area contributed by atoms with E-state index in [4.69, 9.17) is 4.74 Å². The summed E-state index contributed by atoms with van der Waals surface area (Å²) < 4.78 is 21.2. The molecule has 0 atom stereocenters. The van der Waals surface area contributed by atoms with E-state index < -0.39 is 0 Å². The Morgan fingerprint density at radius 3 is 2.29 bits per heavy atom. The van der Waals surface area contributed by atoms with Crippen molar-refractivity contribution in [1.82, 2.24) is 9.47 Å². The van der Waals surface area contributed by atoms with E-state index in [1.54, 1.807) is 0 Å². The maximum atomic E-state index is 13.5. The highest BCUT2D eigenvalue weighted by Crippen LogP contribution is 2.31. The number of aryl methyl sites for hydroxylation is 1. The lowest BCUT2D eigenvalue weighted by Crippen LogP contribution is -2.35. The molecule has 1 aliphatic rings. The summed E-state index contributed by atoms with van der Waals surface area (Å²) in [5, 5.41) is 0. The summed E-state index contributed by atoms with van der Waals surface area (Å²) >= 11 is 0. The van der Waals surface area contributed by atoms with Gasteiger partial charge in [-0.2, -0.15) is 0 Å². The molecule has 0 N–H and O–H groups in total. The van der Waals surface area contributed by atoms with E-state index in [0.29, 0.717) is 0 Å². The molecule has 0 unspecified atom stereocenters. The van der Waals surface area contributed by atoms with Gasteiger partial charge in [-0.15, -0.1) is 0 Å². The van der Waals surface area contributed by atoms with Crippen LogP contribution < -0.4 is 0 Å². The fraction of sp³-hybridized carbons (Fsp3) is 0.333. The van der Waals surface area contributed by atoms with Gasteiger partial charge in [0.05, 0.1) is 18.9 Å². The van der Waals surface area contributed by atoms with Crippen molar-refractivity contribution in [3.63, 3.8) is 0 Å². The minimum absolute atomic E-state index is 0.212. The maximum Gasteiger partial charge on any atom is 0.123 e. The van der Waals surface area contributed by atoms with Crippen molar-refractivity contribution in [2.45, 2.75) is 26.8 Å². The molecule has 4 rings (SSSR count). The second kappa shape index (κ2) is 8.29. The third-order valence-corrected chi connectivity index (χ3v) is 5.59. The van der Waals surface area contributed by atoms with Crippen LogP contribution in [0.25, 0.3) is 16.9 Å². The number of morpholine rings is 1. The Bertz CT molecular complexity index is 922. The van der Waals surface area contributed by atoms with Gasteiger partial charge < -0.3 is 9.30 Å². The zero-order valence-corrected chi connectivity index (χ0v) is 16.6. The van der Waals surface area contributed by atoms with Gasteiger partial charge >= 0.3 is 0 Å². The summed E-state index contributed by atoms with van der Waals surface area (Å²) in [4.78, 5) is 2.44. The van der Waals surface area contributed by atoms with Gasteiger partial charge in [0.1, 0.15) is 5.82 Å². The molecule has 1 aromatic heterocycles. The van der Waals surface area contributed by atoms with Gasteiger partial charge in [0, 0.05) is 31.0 Å². The summed E-state index contributed by atoms with van der Waals surface area (Å²) in [6.07, 6.45) is 1.03. The molecule has 1 saturated heterocycles. The van der Waals surface area contributed by atoms with Gasteiger partial charge in [-0.25, -0.2) is 4.39 Å². The van der Waals surface area contributed by atoms with Crippen LogP contribution in [0.5, 0.6) is 0 Å². The van der Waals surface area contributed by atoms with E-state index >= 15 is 0 Å². The van der Waals surface area contributed by atoms with E-state index in [-0.39, 0.29) is 5.82 Å². The zero-order chi connectivity index (χ0) is 19.5. The fourth-order valence-electron chi connectivity index (χ4n) is 3.87. The van der Waals surface area contributed by atoms with Crippen LogP contribution in [0.15, 0.2) is 54.6 Å². The lowest BCUT2D eigenvalue weighted by atomic mass is 10.1. The Labute approximate surface area is 166 Å². The highest BCUT2D eigenvalue weighted by molar-refractivity contribution is 5.66. The molecular formula is C24H27FN2O. The first-order chi connectivity index (χ1) is 13.7. The molecule has 0 bridgehead atoms. The Morgan fingerprint density at radius 2 is 1.64 bits per heavy atom. The first-order valence-electron chi connectivity index (χ1n) is 10.0. The molecule has 3 nitrogen and oxygen atoms in total. The monoisotopic (exact) mass is 378 g/mol. The highest BCUT2D eigenvalue weighted by Gasteiger charge is 2.18. The van der Waals surface area contributed by atoms with Gasteiger partial charge in [-0.3, -0.25) is 4.90 Å². The van der Waals surface area contributed by atoms with Gasteiger partial charge in [0.2, 0.25) is 0 Å². The van der Waals surface area contributed by atoms with Crippen LogP contribution in [0.1, 0.15) is 23.7 Å². The van der Waals surface area contributed by atoms with Crippen LogP contribution >= 0.6 is 0 Å². The molecule has 2 aromatic carbocycles. The van der Waals surface area contributed by atoms with Gasteiger partial charge in [-0.05, 0) is 60.4 Å². The minimum atomic E-state index is -0.212. The van der Waals surface area contributed by atoms with Gasteiger partial charge in [0.25, 0.3) is 0 Å². The Morgan fingerprint density at radius 1 is 0.964 bits per heavy atom. The standard InChI is InChI=1S/C24H27FN2O/c1-3-19-4-6-20(7-5-19)24-16-21(17-26-12-14-28-15-13-26)18(2)27(24)23-10-8-22(25)9-11-23/h4-11,16H,3,12-15,17H2,1-2H3. The molecular weight excluding hydrogens is 351 g/mol. The summed E-state index contributed by atoms with van der Waals surface area (Å²) in [5.74, 6) is -0.212. The predicted octanol–water partition coefficient (Wildman–Crippen LogP) is 4.99. The Hall–Kier alpha value is -2.43. The molecule has 0 spiro atoms. The van der Waals surface area contributed by atoms with E-state index in [2.05, 4.69) is 53.6 Å².